The SMILES string of the molecule is CCCCN1C(=O)C(=O)/C(=C(\O)c2ccccc2OC)C1c1ccc(N(C)C)cc1. The molecule has 1 N–H and O–H groups in total. The van der Waals surface area contributed by atoms with Crippen LogP contribution in [0.25, 0.3) is 5.76 Å². The van der Waals surface area contributed by atoms with Crippen LogP contribution < -0.4 is 9.64 Å². The first-order valence-corrected chi connectivity index (χ1v) is 10.1. The van der Waals surface area contributed by atoms with Crippen molar-refractivity contribution in [3.05, 3.63) is 65.2 Å². The predicted molar refractivity (Wildman–Crippen MR) is 118 cm³/mol. The molecule has 1 unspecified atom stereocenters. The minimum absolute atomic E-state index is 0.0956. The first-order chi connectivity index (χ1) is 14.4. The van der Waals surface area contributed by atoms with E-state index in [1.807, 2.05) is 50.2 Å². The second-order valence-corrected chi connectivity index (χ2v) is 7.53. The molecule has 1 aliphatic heterocycles. The summed E-state index contributed by atoms with van der Waals surface area (Å²) in [5.74, 6) is -1.03. The van der Waals surface area contributed by atoms with E-state index in [4.69, 9.17) is 4.74 Å². The Morgan fingerprint density at radius 2 is 1.77 bits per heavy atom. The number of rotatable bonds is 7. The van der Waals surface area contributed by atoms with Gasteiger partial charge in [0.25, 0.3) is 11.7 Å². The summed E-state index contributed by atoms with van der Waals surface area (Å²) in [5, 5.41) is 11.1. The number of ketones is 1. The number of methoxy groups -OCH3 is 1. The van der Waals surface area contributed by atoms with Crippen LogP contribution in [0.3, 0.4) is 0 Å². The largest absolute Gasteiger partial charge is 0.507 e. The Kier molecular flexibility index (Phi) is 6.45. The molecule has 2 aromatic carbocycles. The van der Waals surface area contributed by atoms with Crippen LogP contribution in [0.1, 0.15) is 36.9 Å². The number of carbonyl (C=O) groups excluding carboxylic acids is 2. The summed E-state index contributed by atoms with van der Waals surface area (Å²) in [6.45, 7) is 2.48. The normalized spacial score (nSPS) is 18.0. The minimum Gasteiger partial charge on any atom is -0.507 e. The highest BCUT2D eigenvalue weighted by atomic mass is 16.5. The number of benzene rings is 2. The van der Waals surface area contributed by atoms with E-state index in [1.54, 1.807) is 29.2 Å². The third kappa shape index (κ3) is 3.90. The Labute approximate surface area is 177 Å². The summed E-state index contributed by atoms with van der Waals surface area (Å²) >= 11 is 0. The van der Waals surface area contributed by atoms with Crippen molar-refractivity contribution in [2.45, 2.75) is 25.8 Å². The molecule has 0 bridgehead atoms. The number of amides is 1. The Balaban J connectivity index is 2.17. The zero-order valence-electron chi connectivity index (χ0n) is 17.9. The number of para-hydroxylation sites is 1. The van der Waals surface area contributed by atoms with Gasteiger partial charge in [-0.1, -0.05) is 37.6 Å². The molecule has 1 fully saturated rings. The van der Waals surface area contributed by atoms with Crippen LogP contribution >= 0.6 is 0 Å². The second kappa shape index (κ2) is 9.03. The van der Waals surface area contributed by atoms with Gasteiger partial charge in [0, 0.05) is 26.3 Å². The van der Waals surface area contributed by atoms with Crippen LogP contribution in [0.4, 0.5) is 5.69 Å². The lowest BCUT2D eigenvalue weighted by Gasteiger charge is -2.26. The molecule has 0 saturated carbocycles. The standard InChI is InChI=1S/C24H28N2O4/c1-5-6-15-26-21(16-11-13-17(14-12-16)25(2)3)20(23(28)24(26)29)22(27)18-9-7-8-10-19(18)30-4/h7-14,21,27H,5-6,15H2,1-4H3/b22-20-. The van der Waals surface area contributed by atoms with Gasteiger partial charge in [0.2, 0.25) is 0 Å². The van der Waals surface area contributed by atoms with Crippen molar-refractivity contribution >= 4 is 23.1 Å². The number of unbranched alkanes of at least 4 members (excludes halogenated alkanes) is 1. The van der Waals surface area contributed by atoms with Gasteiger partial charge in [-0.2, -0.15) is 0 Å². The number of likely N-dealkylation sites (tertiary alicyclic amines) is 1. The third-order valence-electron chi connectivity index (χ3n) is 5.38. The Morgan fingerprint density at radius 3 is 2.37 bits per heavy atom. The number of carbonyl (C=O) groups is 2. The quantitative estimate of drug-likeness (QED) is 0.426. The molecule has 6 nitrogen and oxygen atoms in total. The Bertz CT molecular complexity index is 963. The van der Waals surface area contributed by atoms with E-state index in [0.717, 1.165) is 24.1 Å². The number of anilines is 1. The van der Waals surface area contributed by atoms with Gasteiger partial charge in [0.1, 0.15) is 11.5 Å². The Morgan fingerprint density at radius 1 is 1.10 bits per heavy atom. The maximum atomic E-state index is 13.0. The van der Waals surface area contributed by atoms with E-state index in [9.17, 15) is 14.7 Å². The van der Waals surface area contributed by atoms with Gasteiger partial charge in [-0.25, -0.2) is 0 Å². The second-order valence-electron chi connectivity index (χ2n) is 7.53. The van der Waals surface area contributed by atoms with Crippen molar-refractivity contribution in [3.63, 3.8) is 0 Å². The van der Waals surface area contributed by atoms with Crippen LogP contribution in [0.15, 0.2) is 54.1 Å². The van der Waals surface area contributed by atoms with Crippen LogP contribution in [-0.4, -0.2) is 49.4 Å². The van der Waals surface area contributed by atoms with Gasteiger partial charge >= 0.3 is 0 Å². The molecule has 2 aromatic rings. The first-order valence-electron chi connectivity index (χ1n) is 10.1. The molecular formula is C24H28N2O4. The summed E-state index contributed by atoms with van der Waals surface area (Å²) in [7, 11) is 5.40. The molecule has 6 heteroatoms. The molecule has 0 spiro atoms. The third-order valence-corrected chi connectivity index (χ3v) is 5.38. The number of hydrogen-bond donors (Lipinski definition) is 1. The predicted octanol–water partition coefficient (Wildman–Crippen LogP) is 3.98. The molecule has 1 heterocycles. The molecule has 1 saturated heterocycles. The fraction of sp³-hybridized carbons (Fsp3) is 0.333. The van der Waals surface area contributed by atoms with Gasteiger partial charge in [-0.15, -0.1) is 0 Å². The average Bonchev–Trinajstić information content (AvgIpc) is 3.01. The van der Waals surface area contributed by atoms with Crippen LogP contribution in [0.2, 0.25) is 0 Å². The lowest BCUT2D eigenvalue weighted by atomic mass is 9.94. The van der Waals surface area contributed by atoms with Gasteiger partial charge in [-0.3, -0.25) is 9.59 Å². The molecular weight excluding hydrogens is 380 g/mol. The summed E-state index contributed by atoms with van der Waals surface area (Å²) in [6.07, 6.45) is 1.66. The van der Waals surface area contributed by atoms with Crippen LogP contribution in [-0.2, 0) is 9.59 Å². The van der Waals surface area contributed by atoms with E-state index < -0.39 is 17.7 Å². The van der Waals surface area contributed by atoms with E-state index in [-0.39, 0.29) is 11.3 Å². The molecule has 0 aromatic heterocycles. The van der Waals surface area contributed by atoms with E-state index >= 15 is 0 Å². The van der Waals surface area contributed by atoms with Crippen molar-refractivity contribution < 1.29 is 19.4 Å². The van der Waals surface area contributed by atoms with Gasteiger partial charge < -0.3 is 19.6 Å². The topological polar surface area (TPSA) is 70.1 Å². The molecule has 1 atom stereocenters. The molecule has 0 aliphatic carbocycles. The zero-order chi connectivity index (χ0) is 21.8. The molecule has 1 amide bonds. The first kappa shape index (κ1) is 21.4. The lowest BCUT2D eigenvalue weighted by molar-refractivity contribution is -0.139. The number of aliphatic hydroxyl groups is 1. The number of hydrogen-bond acceptors (Lipinski definition) is 5. The maximum Gasteiger partial charge on any atom is 0.295 e. The zero-order valence-corrected chi connectivity index (χ0v) is 17.9. The Hall–Kier alpha value is -3.28. The summed E-state index contributed by atoms with van der Waals surface area (Å²) < 4.78 is 5.35. The smallest absolute Gasteiger partial charge is 0.295 e. The average molecular weight is 408 g/mol. The lowest BCUT2D eigenvalue weighted by Crippen LogP contribution is -2.30. The van der Waals surface area contributed by atoms with Crippen molar-refractivity contribution in [2.75, 3.05) is 32.6 Å². The maximum absolute atomic E-state index is 13.0. The van der Waals surface area contributed by atoms with Crippen molar-refractivity contribution in [1.29, 1.82) is 0 Å². The van der Waals surface area contributed by atoms with Crippen LogP contribution in [0, 0.1) is 0 Å². The highest BCUT2D eigenvalue weighted by Gasteiger charge is 2.45. The molecule has 30 heavy (non-hydrogen) atoms. The number of Topliss-reactive ketones (excluding diaryl/α,β-unsaturated/α-hetero) is 1. The summed E-state index contributed by atoms with van der Waals surface area (Å²) in [6, 6.07) is 14.0. The number of ether oxygens (including phenoxy) is 1. The van der Waals surface area contributed by atoms with Crippen LogP contribution in [0.5, 0.6) is 5.75 Å². The molecule has 1 aliphatic rings. The minimum atomic E-state index is -0.670. The molecule has 0 radical (unpaired) electrons. The molecule has 3 rings (SSSR count). The highest BCUT2D eigenvalue weighted by Crippen LogP contribution is 2.41. The van der Waals surface area contributed by atoms with Crippen molar-refractivity contribution in [1.82, 2.24) is 4.90 Å². The van der Waals surface area contributed by atoms with E-state index in [0.29, 0.717) is 17.9 Å². The number of aliphatic hydroxyl groups excluding tert-OH is 1. The van der Waals surface area contributed by atoms with Gasteiger partial charge in [0.15, 0.2) is 0 Å². The van der Waals surface area contributed by atoms with Gasteiger partial charge in [-0.05, 0) is 36.2 Å². The molecule has 158 valence electrons. The van der Waals surface area contributed by atoms with Crippen molar-refractivity contribution in [2.24, 2.45) is 0 Å². The fourth-order valence-electron chi connectivity index (χ4n) is 3.73. The van der Waals surface area contributed by atoms with E-state index in [1.165, 1.54) is 7.11 Å². The monoisotopic (exact) mass is 408 g/mol. The van der Waals surface area contributed by atoms with E-state index in [2.05, 4.69) is 0 Å². The summed E-state index contributed by atoms with van der Waals surface area (Å²) in [5.41, 5.74) is 2.28. The van der Waals surface area contributed by atoms with Gasteiger partial charge in [0.05, 0.1) is 24.3 Å². The van der Waals surface area contributed by atoms with Crippen molar-refractivity contribution in [3.8, 4) is 5.75 Å². The number of nitrogens with zero attached hydrogens (tertiary/aromatic N) is 2. The highest BCUT2D eigenvalue weighted by molar-refractivity contribution is 6.46. The fourth-order valence-corrected chi connectivity index (χ4v) is 3.73. The summed E-state index contributed by atoms with van der Waals surface area (Å²) in [4.78, 5) is 29.4.